The molecule has 7 heteroatoms. The van der Waals surface area contributed by atoms with Gasteiger partial charge >= 0.3 is 0 Å². The number of aldehydes is 1. The second-order valence-corrected chi connectivity index (χ2v) is 7.71. The number of primary sulfonamides is 1. The minimum absolute atomic E-state index is 0.0647. The monoisotopic (exact) mass is 399 g/mol. The van der Waals surface area contributed by atoms with Gasteiger partial charge in [0.1, 0.15) is 4.90 Å². The first-order valence-electron chi connectivity index (χ1n) is 7.83. The SMILES string of the molecule is NS(=O)(=O)c1cc(C(=O)c2c(C=O)cccc2-c2ccccc2)ccc1Cl. The first-order valence-corrected chi connectivity index (χ1v) is 9.76. The molecule has 0 heterocycles. The molecule has 3 aromatic rings. The standard InChI is InChI=1S/C20H14ClNO4S/c21-17-10-9-14(11-18(17)27(22,25)26)20(24)19-15(12-23)7-4-8-16(19)13-5-2-1-3-6-13/h1-12H,(H2,22,25,26). The number of benzene rings is 3. The van der Waals surface area contributed by atoms with Crippen molar-refractivity contribution in [1.82, 2.24) is 0 Å². The van der Waals surface area contributed by atoms with E-state index in [2.05, 4.69) is 0 Å². The molecule has 5 nitrogen and oxygen atoms in total. The number of hydrogen-bond acceptors (Lipinski definition) is 4. The van der Waals surface area contributed by atoms with Crippen molar-refractivity contribution in [3.05, 3.63) is 88.4 Å². The van der Waals surface area contributed by atoms with Crippen molar-refractivity contribution in [2.75, 3.05) is 0 Å². The van der Waals surface area contributed by atoms with Crippen LogP contribution in [0.4, 0.5) is 0 Å². The van der Waals surface area contributed by atoms with Gasteiger partial charge in [-0.05, 0) is 29.3 Å². The number of hydrogen-bond donors (Lipinski definition) is 1. The van der Waals surface area contributed by atoms with Gasteiger partial charge in [0.15, 0.2) is 12.1 Å². The lowest BCUT2D eigenvalue weighted by atomic mass is 9.90. The van der Waals surface area contributed by atoms with Crippen LogP contribution in [0.2, 0.25) is 5.02 Å². The van der Waals surface area contributed by atoms with E-state index >= 15 is 0 Å². The van der Waals surface area contributed by atoms with Crippen molar-refractivity contribution < 1.29 is 18.0 Å². The van der Waals surface area contributed by atoms with Gasteiger partial charge in [-0.1, -0.05) is 60.1 Å². The Morgan fingerprint density at radius 2 is 1.67 bits per heavy atom. The van der Waals surface area contributed by atoms with Crippen LogP contribution in [-0.2, 0) is 10.0 Å². The zero-order chi connectivity index (χ0) is 19.6. The molecule has 3 rings (SSSR count). The molecule has 0 aliphatic rings. The van der Waals surface area contributed by atoms with Crippen LogP contribution in [0.15, 0.2) is 71.6 Å². The van der Waals surface area contributed by atoms with E-state index < -0.39 is 15.8 Å². The Balaban J connectivity index is 2.23. The molecular weight excluding hydrogens is 386 g/mol. The fourth-order valence-electron chi connectivity index (χ4n) is 2.79. The number of carbonyl (C=O) groups is 2. The highest BCUT2D eigenvalue weighted by atomic mass is 35.5. The molecule has 0 radical (unpaired) electrons. The van der Waals surface area contributed by atoms with Crippen LogP contribution in [0.3, 0.4) is 0 Å². The van der Waals surface area contributed by atoms with Crippen LogP contribution in [0.25, 0.3) is 11.1 Å². The summed E-state index contributed by atoms with van der Waals surface area (Å²) >= 11 is 5.89. The average molecular weight is 400 g/mol. The molecule has 0 aliphatic carbocycles. The summed E-state index contributed by atoms with van der Waals surface area (Å²) in [4.78, 5) is 24.4. The quantitative estimate of drug-likeness (QED) is 0.522. The Morgan fingerprint density at radius 1 is 0.963 bits per heavy atom. The molecule has 0 fully saturated rings. The van der Waals surface area contributed by atoms with E-state index in [0.29, 0.717) is 11.8 Å². The van der Waals surface area contributed by atoms with E-state index in [1.165, 1.54) is 18.2 Å². The molecular formula is C20H14ClNO4S. The molecule has 2 N–H and O–H groups in total. The first kappa shape index (κ1) is 19.0. The molecule has 3 aromatic carbocycles. The maximum absolute atomic E-state index is 13.2. The minimum Gasteiger partial charge on any atom is -0.298 e. The Hall–Kier alpha value is -2.80. The van der Waals surface area contributed by atoms with E-state index in [9.17, 15) is 18.0 Å². The average Bonchev–Trinajstić information content (AvgIpc) is 2.67. The molecule has 0 amide bonds. The van der Waals surface area contributed by atoms with Crippen molar-refractivity contribution in [2.24, 2.45) is 5.14 Å². The third-order valence-corrected chi connectivity index (χ3v) is 5.43. The summed E-state index contributed by atoms with van der Waals surface area (Å²) in [6.07, 6.45) is 0.593. The number of ketones is 1. The largest absolute Gasteiger partial charge is 0.298 e. The highest BCUT2D eigenvalue weighted by molar-refractivity contribution is 7.89. The van der Waals surface area contributed by atoms with E-state index in [-0.39, 0.29) is 26.6 Å². The normalized spacial score (nSPS) is 11.2. The maximum Gasteiger partial charge on any atom is 0.239 e. The van der Waals surface area contributed by atoms with Gasteiger partial charge < -0.3 is 0 Å². The predicted molar refractivity (Wildman–Crippen MR) is 104 cm³/mol. The molecule has 27 heavy (non-hydrogen) atoms. The van der Waals surface area contributed by atoms with Gasteiger partial charge in [-0.25, -0.2) is 13.6 Å². The van der Waals surface area contributed by atoms with Crippen LogP contribution >= 0.6 is 11.6 Å². The van der Waals surface area contributed by atoms with E-state index in [1.54, 1.807) is 12.1 Å². The lowest BCUT2D eigenvalue weighted by Crippen LogP contribution is -2.14. The van der Waals surface area contributed by atoms with Crippen LogP contribution in [0.1, 0.15) is 26.3 Å². The summed E-state index contributed by atoms with van der Waals surface area (Å²) < 4.78 is 23.4. The molecule has 136 valence electrons. The summed E-state index contributed by atoms with van der Waals surface area (Å²) in [6, 6.07) is 17.9. The molecule has 0 saturated heterocycles. The van der Waals surface area contributed by atoms with Gasteiger partial charge in [0.2, 0.25) is 10.0 Å². The Kier molecular flexibility index (Phi) is 5.23. The zero-order valence-electron chi connectivity index (χ0n) is 13.9. The maximum atomic E-state index is 13.2. The second-order valence-electron chi connectivity index (χ2n) is 5.77. The Bertz CT molecular complexity index is 1140. The highest BCUT2D eigenvalue weighted by Crippen LogP contribution is 2.29. The molecule has 0 unspecified atom stereocenters. The summed E-state index contributed by atoms with van der Waals surface area (Å²) in [5, 5.41) is 5.08. The third-order valence-electron chi connectivity index (χ3n) is 4.04. The van der Waals surface area contributed by atoms with Crippen molar-refractivity contribution in [3.8, 4) is 11.1 Å². The topological polar surface area (TPSA) is 94.3 Å². The van der Waals surface area contributed by atoms with Gasteiger partial charge in [0.05, 0.1) is 5.02 Å². The van der Waals surface area contributed by atoms with Crippen LogP contribution in [0.5, 0.6) is 0 Å². The smallest absolute Gasteiger partial charge is 0.239 e. The Morgan fingerprint density at radius 3 is 2.30 bits per heavy atom. The first-order chi connectivity index (χ1) is 12.8. The fourth-order valence-corrected chi connectivity index (χ4v) is 3.86. The number of nitrogens with two attached hydrogens (primary N) is 1. The number of rotatable bonds is 5. The predicted octanol–water partition coefficient (Wildman–Crippen LogP) is 3.70. The van der Waals surface area contributed by atoms with E-state index in [1.807, 2.05) is 30.3 Å². The molecule has 0 saturated carbocycles. The van der Waals surface area contributed by atoms with Crippen molar-refractivity contribution in [3.63, 3.8) is 0 Å². The van der Waals surface area contributed by atoms with E-state index in [0.717, 1.165) is 11.6 Å². The fraction of sp³-hybridized carbons (Fsp3) is 0. The lowest BCUT2D eigenvalue weighted by Gasteiger charge is -2.12. The number of sulfonamides is 1. The summed E-state index contributed by atoms with van der Waals surface area (Å²) in [5.41, 5.74) is 1.77. The van der Waals surface area contributed by atoms with Crippen LogP contribution in [0, 0.1) is 0 Å². The van der Waals surface area contributed by atoms with Crippen LogP contribution < -0.4 is 5.14 Å². The highest BCUT2D eigenvalue weighted by Gasteiger charge is 2.22. The molecule has 0 atom stereocenters. The van der Waals surface area contributed by atoms with Crippen molar-refractivity contribution in [2.45, 2.75) is 4.90 Å². The van der Waals surface area contributed by atoms with Gasteiger partial charge in [-0.15, -0.1) is 0 Å². The Labute approximate surface area is 161 Å². The van der Waals surface area contributed by atoms with E-state index in [4.69, 9.17) is 16.7 Å². The second kappa shape index (κ2) is 7.44. The molecule has 0 spiro atoms. The van der Waals surface area contributed by atoms with Gasteiger partial charge in [-0.2, -0.15) is 0 Å². The summed E-state index contributed by atoms with van der Waals surface area (Å²) in [7, 11) is -4.10. The van der Waals surface area contributed by atoms with Crippen molar-refractivity contribution >= 4 is 33.7 Å². The molecule has 0 aliphatic heterocycles. The summed E-state index contributed by atoms with van der Waals surface area (Å²) in [6.45, 7) is 0. The molecule has 0 aromatic heterocycles. The van der Waals surface area contributed by atoms with Gasteiger partial charge in [-0.3, -0.25) is 9.59 Å². The van der Waals surface area contributed by atoms with Crippen molar-refractivity contribution in [1.29, 1.82) is 0 Å². The van der Waals surface area contributed by atoms with Gasteiger partial charge in [0.25, 0.3) is 0 Å². The van der Waals surface area contributed by atoms with Gasteiger partial charge in [0, 0.05) is 16.7 Å². The molecule has 0 bridgehead atoms. The number of carbonyl (C=O) groups excluding carboxylic acids is 2. The minimum atomic E-state index is -4.10. The summed E-state index contributed by atoms with van der Waals surface area (Å²) in [5.74, 6) is -0.502. The third kappa shape index (κ3) is 3.83. The number of halogens is 1. The lowest BCUT2D eigenvalue weighted by molar-refractivity contribution is 0.103. The van der Waals surface area contributed by atoms with Crippen LogP contribution in [-0.4, -0.2) is 20.5 Å². The zero-order valence-corrected chi connectivity index (χ0v) is 15.5.